The van der Waals surface area contributed by atoms with Crippen LogP contribution in [0.1, 0.15) is 12.1 Å². The molecule has 0 saturated carbocycles. The summed E-state index contributed by atoms with van der Waals surface area (Å²) in [6.07, 6.45) is 2.20. The summed E-state index contributed by atoms with van der Waals surface area (Å²) in [6, 6.07) is 10.3. The minimum Gasteiger partial charge on any atom is -0.497 e. The first-order chi connectivity index (χ1) is 12.4. The van der Waals surface area contributed by atoms with E-state index >= 15 is 0 Å². The molecule has 1 atom stereocenters. The molecule has 0 radical (unpaired) electrons. The lowest BCUT2D eigenvalue weighted by Gasteiger charge is -2.23. The van der Waals surface area contributed by atoms with E-state index in [1.165, 1.54) is 17.5 Å². The number of nitrogens with zero attached hydrogens (tertiary/aromatic N) is 2. The van der Waals surface area contributed by atoms with Gasteiger partial charge in [0, 0.05) is 44.5 Å². The SMILES string of the molecule is CNC(=O)C[C@H]1CN(S(=O)(=O)c2cccc(OC)c2)Cc2cccn2C1. The number of amides is 1. The van der Waals surface area contributed by atoms with Gasteiger partial charge >= 0.3 is 0 Å². The van der Waals surface area contributed by atoms with Crippen LogP contribution in [0.4, 0.5) is 0 Å². The van der Waals surface area contributed by atoms with Crippen LogP contribution in [-0.2, 0) is 27.9 Å². The molecule has 1 aliphatic rings. The van der Waals surface area contributed by atoms with Crippen molar-refractivity contribution in [2.45, 2.75) is 24.4 Å². The molecule has 1 amide bonds. The fourth-order valence-electron chi connectivity index (χ4n) is 3.23. The molecule has 26 heavy (non-hydrogen) atoms. The van der Waals surface area contributed by atoms with E-state index in [0.29, 0.717) is 12.3 Å². The van der Waals surface area contributed by atoms with Gasteiger partial charge < -0.3 is 14.6 Å². The van der Waals surface area contributed by atoms with Gasteiger partial charge in [-0.3, -0.25) is 4.79 Å². The Bertz CT molecular complexity index is 891. The summed E-state index contributed by atoms with van der Waals surface area (Å²) in [5.41, 5.74) is 0.913. The number of nitrogens with one attached hydrogen (secondary N) is 1. The zero-order chi connectivity index (χ0) is 18.7. The van der Waals surface area contributed by atoms with Crippen molar-refractivity contribution in [1.82, 2.24) is 14.2 Å². The van der Waals surface area contributed by atoms with Crippen LogP contribution >= 0.6 is 0 Å². The molecule has 0 fully saturated rings. The highest BCUT2D eigenvalue weighted by Crippen LogP contribution is 2.27. The van der Waals surface area contributed by atoms with Gasteiger partial charge in [0.15, 0.2) is 0 Å². The van der Waals surface area contributed by atoms with Crippen molar-refractivity contribution in [2.75, 3.05) is 20.7 Å². The number of aromatic nitrogens is 1. The van der Waals surface area contributed by atoms with Crippen LogP contribution in [0.3, 0.4) is 0 Å². The molecule has 140 valence electrons. The second kappa shape index (κ2) is 7.51. The topological polar surface area (TPSA) is 80.6 Å². The summed E-state index contributed by atoms with van der Waals surface area (Å²) in [5.74, 6) is 0.291. The van der Waals surface area contributed by atoms with Crippen molar-refractivity contribution in [3.05, 3.63) is 48.3 Å². The summed E-state index contributed by atoms with van der Waals surface area (Å²) in [7, 11) is -0.614. The second-order valence-electron chi connectivity index (χ2n) is 6.37. The quantitative estimate of drug-likeness (QED) is 0.855. The maximum absolute atomic E-state index is 13.2. The Labute approximate surface area is 153 Å². The number of sulfonamides is 1. The number of fused-ring (bicyclic) bond motifs is 1. The number of hydrogen-bond acceptors (Lipinski definition) is 4. The lowest BCUT2D eigenvalue weighted by molar-refractivity contribution is -0.121. The van der Waals surface area contributed by atoms with Gasteiger partial charge in [-0.05, 0) is 30.2 Å². The predicted octanol–water partition coefficient (Wildman–Crippen LogP) is 1.45. The van der Waals surface area contributed by atoms with Crippen molar-refractivity contribution in [2.24, 2.45) is 5.92 Å². The molecular weight excluding hydrogens is 354 g/mol. The number of benzene rings is 1. The lowest BCUT2D eigenvalue weighted by atomic mass is 10.1. The molecule has 0 unspecified atom stereocenters. The van der Waals surface area contributed by atoms with Crippen molar-refractivity contribution in [3.8, 4) is 5.75 Å². The summed E-state index contributed by atoms with van der Waals surface area (Å²) in [6.45, 7) is 1.17. The van der Waals surface area contributed by atoms with Gasteiger partial charge in [-0.2, -0.15) is 4.31 Å². The molecule has 1 aromatic heterocycles. The van der Waals surface area contributed by atoms with Crippen LogP contribution in [0.15, 0.2) is 47.5 Å². The molecule has 2 heterocycles. The maximum atomic E-state index is 13.2. The van der Waals surface area contributed by atoms with E-state index in [1.54, 1.807) is 25.2 Å². The van der Waals surface area contributed by atoms with Gasteiger partial charge in [-0.1, -0.05) is 6.07 Å². The highest BCUT2D eigenvalue weighted by molar-refractivity contribution is 7.89. The molecule has 8 heteroatoms. The molecule has 0 saturated heterocycles. The molecule has 1 aromatic carbocycles. The largest absolute Gasteiger partial charge is 0.497 e. The zero-order valence-corrected chi connectivity index (χ0v) is 15.7. The molecule has 3 rings (SSSR count). The van der Waals surface area contributed by atoms with Crippen molar-refractivity contribution in [3.63, 3.8) is 0 Å². The van der Waals surface area contributed by atoms with E-state index in [-0.39, 0.29) is 36.2 Å². The van der Waals surface area contributed by atoms with Crippen LogP contribution < -0.4 is 10.1 Å². The molecule has 2 aromatic rings. The Morgan fingerprint density at radius 3 is 2.81 bits per heavy atom. The Morgan fingerprint density at radius 2 is 2.08 bits per heavy atom. The van der Waals surface area contributed by atoms with Gasteiger partial charge in [0.25, 0.3) is 0 Å². The van der Waals surface area contributed by atoms with Gasteiger partial charge in [0.05, 0.1) is 18.6 Å². The normalized spacial score (nSPS) is 18.0. The van der Waals surface area contributed by atoms with Crippen LogP contribution in [0, 0.1) is 5.92 Å². The third-order valence-corrected chi connectivity index (χ3v) is 6.42. The molecule has 7 nitrogen and oxygen atoms in total. The number of hydrogen-bond donors (Lipinski definition) is 1. The van der Waals surface area contributed by atoms with Crippen LogP contribution in [-0.4, -0.2) is 43.9 Å². The second-order valence-corrected chi connectivity index (χ2v) is 8.31. The first-order valence-electron chi connectivity index (χ1n) is 8.43. The first kappa shape index (κ1) is 18.5. The molecule has 0 bridgehead atoms. The van der Waals surface area contributed by atoms with Crippen LogP contribution in [0.2, 0.25) is 0 Å². The average Bonchev–Trinajstić information content (AvgIpc) is 2.99. The van der Waals surface area contributed by atoms with Crippen molar-refractivity contribution in [1.29, 1.82) is 0 Å². The molecular formula is C18H23N3O4S. The third-order valence-electron chi connectivity index (χ3n) is 4.61. The first-order valence-corrected chi connectivity index (χ1v) is 9.87. The maximum Gasteiger partial charge on any atom is 0.243 e. The fourth-order valence-corrected chi connectivity index (χ4v) is 4.75. The van der Waals surface area contributed by atoms with Crippen molar-refractivity contribution < 1.29 is 17.9 Å². The molecule has 0 spiro atoms. The van der Waals surface area contributed by atoms with E-state index in [9.17, 15) is 13.2 Å². The Balaban J connectivity index is 1.95. The number of methoxy groups -OCH3 is 1. The fraction of sp³-hybridized carbons (Fsp3) is 0.389. The summed E-state index contributed by atoms with van der Waals surface area (Å²) in [5, 5.41) is 2.62. The summed E-state index contributed by atoms with van der Waals surface area (Å²) in [4.78, 5) is 12.0. The lowest BCUT2D eigenvalue weighted by Crippen LogP contribution is -2.35. The standard InChI is InChI=1S/C18H23N3O4S/c1-19-18(22)9-14-11-20-8-4-5-15(20)13-21(12-14)26(23,24)17-7-3-6-16(10-17)25-2/h3-8,10,14H,9,11-13H2,1-2H3,(H,19,22)/t14-/m1/s1. The average molecular weight is 377 g/mol. The van der Waals surface area contributed by atoms with E-state index in [0.717, 1.165) is 5.69 Å². The predicted molar refractivity (Wildman–Crippen MR) is 97.2 cm³/mol. The number of carbonyl (C=O) groups excluding carboxylic acids is 1. The van der Waals surface area contributed by atoms with E-state index in [4.69, 9.17) is 4.74 Å². The van der Waals surface area contributed by atoms with E-state index in [2.05, 4.69) is 5.32 Å². The van der Waals surface area contributed by atoms with E-state index < -0.39 is 10.0 Å². The van der Waals surface area contributed by atoms with Gasteiger partial charge in [0.2, 0.25) is 15.9 Å². The summed E-state index contributed by atoms with van der Waals surface area (Å²) < 4.78 is 35.0. The minimum atomic E-state index is -3.71. The van der Waals surface area contributed by atoms with Crippen molar-refractivity contribution >= 4 is 15.9 Å². The van der Waals surface area contributed by atoms with Crippen LogP contribution in [0.25, 0.3) is 0 Å². The third kappa shape index (κ3) is 3.76. The number of carbonyl (C=O) groups is 1. The zero-order valence-electron chi connectivity index (χ0n) is 14.9. The molecule has 0 aliphatic carbocycles. The number of rotatable bonds is 5. The Kier molecular flexibility index (Phi) is 5.33. The van der Waals surface area contributed by atoms with Gasteiger partial charge in [0.1, 0.15) is 5.75 Å². The van der Waals surface area contributed by atoms with E-state index in [1.807, 2.05) is 22.9 Å². The smallest absolute Gasteiger partial charge is 0.243 e. The molecule has 1 aliphatic heterocycles. The Hall–Kier alpha value is -2.32. The van der Waals surface area contributed by atoms with Gasteiger partial charge in [-0.25, -0.2) is 8.42 Å². The highest BCUT2D eigenvalue weighted by atomic mass is 32.2. The molecule has 1 N–H and O–H groups in total. The van der Waals surface area contributed by atoms with Gasteiger partial charge in [-0.15, -0.1) is 0 Å². The monoisotopic (exact) mass is 377 g/mol. The minimum absolute atomic E-state index is 0.0932. The summed E-state index contributed by atoms with van der Waals surface area (Å²) >= 11 is 0. The number of ether oxygens (including phenoxy) is 1. The Morgan fingerprint density at radius 1 is 1.27 bits per heavy atom. The highest BCUT2D eigenvalue weighted by Gasteiger charge is 2.31. The van der Waals surface area contributed by atoms with Crippen LogP contribution in [0.5, 0.6) is 5.75 Å².